The number of rotatable bonds is 12. The average molecular weight is 498 g/mol. The van der Waals surface area contributed by atoms with E-state index in [2.05, 4.69) is 28.0 Å². The summed E-state index contributed by atoms with van der Waals surface area (Å²) in [5.41, 5.74) is 6.71. The van der Waals surface area contributed by atoms with E-state index < -0.39 is 11.8 Å². The van der Waals surface area contributed by atoms with Crippen molar-refractivity contribution in [3.8, 4) is 11.5 Å². The van der Waals surface area contributed by atoms with Crippen LogP contribution in [0.3, 0.4) is 0 Å². The summed E-state index contributed by atoms with van der Waals surface area (Å²) in [5.74, 6) is 0.884. The number of aromatic nitrogens is 3. The van der Waals surface area contributed by atoms with Crippen molar-refractivity contribution in [2.24, 2.45) is 7.05 Å². The molecule has 186 valence electrons. The number of benzene rings is 2. The number of carbonyl (C=O) groups is 2. The van der Waals surface area contributed by atoms with E-state index in [0.717, 1.165) is 23.6 Å². The number of methoxy groups -OCH3 is 1. The number of hydrogen-bond acceptors (Lipinski definition) is 7. The molecule has 0 atom stereocenters. The molecular weight excluding hydrogens is 466 g/mol. The van der Waals surface area contributed by atoms with Crippen LogP contribution in [-0.4, -0.2) is 40.3 Å². The van der Waals surface area contributed by atoms with Gasteiger partial charge in [0.05, 0.1) is 13.7 Å². The molecule has 2 amide bonds. The number of ether oxygens (including phenoxy) is 2. The summed E-state index contributed by atoms with van der Waals surface area (Å²) >= 11 is 1.56. The standard InChI is InChI=1S/C25H31N5O4S/c1-4-5-6-7-14-34-21-13-12-20(15-22(21)33-3)24(32)28-27-23(31)19-10-8-18(9-11-19)16-35-25-29-26-17-30(25)2/h8-13,15,17H,4-7,14,16H2,1-3H3,(H,27,31)(H,28,32). The molecule has 9 nitrogen and oxygen atoms in total. The summed E-state index contributed by atoms with van der Waals surface area (Å²) in [7, 11) is 3.41. The molecule has 0 aliphatic rings. The number of carbonyl (C=O) groups excluding carboxylic acids is 2. The molecule has 35 heavy (non-hydrogen) atoms. The van der Waals surface area contributed by atoms with E-state index in [0.29, 0.717) is 35.0 Å². The zero-order valence-electron chi connectivity index (χ0n) is 20.2. The van der Waals surface area contributed by atoms with Crippen LogP contribution in [-0.2, 0) is 12.8 Å². The molecule has 0 aliphatic carbocycles. The van der Waals surface area contributed by atoms with Crippen molar-refractivity contribution >= 4 is 23.6 Å². The molecule has 0 saturated carbocycles. The van der Waals surface area contributed by atoms with Gasteiger partial charge in [-0.25, -0.2) is 0 Å². The van der Waals surface area contributed by atoms with Gasteiger partial charge in [0.25, 0.3) is 11.8 Å². The summed E-state index contributed by atoms with van der Waals surface area (Å²) in [4.78, 5) is 25.0. The summed E-state index contributed by atoms with van der Waals surface area (Å²) in [5, 5.41) is 8.71. The molecule has 0 fully saturated rings. The number of hydrazine groups is 1. The Morgan fingerprint density at radius 1 is 0.971 bits per heavy atom. The molecule has 0 bridgehead atoms. The van der Waals surface area contributed by atoms with Gasteiger partial charge in [0, 0.05) is 23.9 Å². The number of hydrogen-bond donors (Lipinski definition) is 2. The lowest BCUT2D eigenvalue weighted by Crippen LogP contribution is -2.41. The van der Waals surface area contributed by atoms with Gasteiger partial charge in [0.15, 0.2) is 16.7 Å². The monoisotopic (exact) mass is 497 g/mol. The normalized spacial score (nSPS) is 10.6. The van der Waals surface area contributed by atoms with E-state index in [1.165, 1.54) is 20.0 Å². The van der Waals surface area contributed by atoms with E-state index in [4.69, 9.17) is 9.47 Å². The van der Waals surface area contributed by atoms with Crippen molar-refractivity contribution in [3.05, 3.63) is 65.5 Å². The van der Waals surface area contributed by atoms with Crippen LogP contribution in [0.15, 0.2) is 53.9 Å². The number of thioether (sulfide) groups is 1. The maximum Gasteiger partial charge on any atom is 0.269 e. The van der Waals surface area contributed by atoms with Gasteiger partial charge >= 0.3 is 0 Å². The Balaban J connectivity index is 1.49. The van der Waals surface area contributed by atoms with Gasteiger partial charge in [-0.1, -0.05) is 50.1 Å². The SMILES string of the molecule is CCCCCCOc1ccc(C(=O)NNC(=O)c2ccc(CSc3nncn3C)cc2)cc1OC. The second kappa shape index (κ2) is 13.4. The summed E-state index contributed by atoms with van der Waals surface area (Å²) < 4.78 is 13.0. The zero-order valence-corrected chi connectivity index (χ0v) is 21.1. The molecule has 0 saturated heterocycles. The van der Waals surface area contributed by atoms with E-state index in [1.54, 1.807) is 48.4 Å². The van der Waals surface area contributed by atoms with Crippen LogP contribution in [0, 0.1) is 0 Å². The first-order valence-corrected chi connectivity index (χ1v) is 12.5. The van der Waals surface area contributed by atoms with Crippen LogP contribution in [0.2, 0.25) is 0 Å². The van der Waals surface area contributed by atoms with Crippen LogP contribution in [0.4, 0.5) is 0 Å². The van der Waals surface area contributed by atoms with E-state index >= 15 is 0 Å². The Morgan fingerprint density at radius 3 is 2.34 bits per heavy atom. The van der Waals surface area contributed by atoms with Crippen molar-refractivity contribution in [1.82, 2.24) is 25.6 Å². The minimum absolute atomic E-state index is 0.344. The Bertz CT molecular complexity index is 1120. The minimum Gasteiger partial charge on any atom is -0.493 e. The lowest BCUT2D eigenvalue weighted by atomic mass is 10.1. The highest BCUT2D eigenvalue weighted by Crippen LogP contribution is 2.28. The van der Waals surface area contributed by atoms with E-state index in [1.807, 2.05) is 23.7 Å². The highest BCUT2D eigenvalue weighted by atomic mass is 32.2. The van der Waals surface area contributed by atoms with E-state index in [9.17, 15) is 9.59 Å². The third-order valence-electron chi connectivity index (χ3n) is 5.22. The van der Waals surface area contributed by atoms with Gasteiger partial charge < -0.3 is 14.0 Å². The van der Waals surface area contributed by atoms with Gasteiger partial charge in [0.1, 0.15) is 6.33 Å². The maximum absolute atomic E-state index is 12.5. The quantitative estimate of drug-likeness (QED) is 0.220. The Morgan fingerprint density at radius 2 is 1.69 bits per heavy atom. The predicted octanol–water partition coefficient (Wildman–Crippen LogP) is 4.15. The number of nitrogens with one attached hydrogen (secondary N) is 2. The Hall–Kier alpha value is -3.53. The molecule has 0 aliphatic heterocycles. The van der Waals surface area contributed by atoms with Crippen LogP contribution in [0.25, 0.3) is 0 Å². The summed E-state index contributed by atoms with van der Waals surface area (Å²) in [6, 6.07) is 12.1. The van der Waals surface area contributed by atoms with Gasteiger partial charge in [0.2, 0.25) is 0 Å². The number of aryl methyl sites for hydroxylation is 1. The summed E-state index contributed by atoms with van der Waals surface area (Å²) in [6.07, 6.45) is 6.07. The van der Waals surface area contributed by atoms with E-state index in [-0.39, 0.29) is 0 Å². The van der Waals surface area contributed by atoms with Crippen molar-refractivity contribution < 1.29 is 19.1 Å². The summed E-state index contributed by atoms with van der Waals surface area (Å²) in [6.45, 7) is 2.76. The molecule has 0 spiro atoms. The first-order chi connectivity index (χ1) is 17.0. The molecule has 2 aromatic carbocycles. The molecule has 3 aromatic rings. The molecule has 1 heterocycles. The zero-order chi connectivity index (χ0) is 25.0. The number of amides is 2. The Kier molecular flexibility index (Phi) is 9.97. The second-order valence-electron chi connectivity index (χ2n) is 7.89. The van der Waals surface area contributed by atoms with Gasteiger partial charge in [-0.3, -0.25) is 20.4 Å². The van der Waals surface area contributed by atoms with Crippen LogP contribution < -0.4 is 20.3 Å². The largest absolute Gasteiger partial charge is 0.493 e. The van der Waals surface area contributed by atoms with Crippen LogP contribution in [0.1, 0.15) is 58.9 Å². The fraction of sp³-hybridized carbons (Fsp3) is 0.360. The number of nitrogens with zero attached hydrogens (tertiary/aromatic N) is 3. The molecule has 0 unspecified atom stereocenters. The number of unbranched alkanes of at least 4 members (excludes halogenated alkanes) is 3. The second-order valence-corrected chi connectivity index (χ2v) is 8.84. The smallest absolute Gasteiger partial charge is 0.269 e. The maximum atomic E-state index is 12.5. The Labute approximate surface area is 209 Å². The molecule has 3 rings (SSSR count). The molecule has 10 heteroatoms. The molecular formula is C25H31N5O4S. The fourth-order valence-corrected chi connectivity index (χ4v) is 4.04. The molecule has 2 N–H and O–H groups in total. The first-order valence-electron chi connectivity index (χ1n) is 11.5. The van der Waals surface area contributed by atoms with Gasteiger partial charge in [-0.15, -0.1) is 10.2 Å². The lowest BCUT2D eigenvalue weighted by Gasteiger charge is -2.13. The third kappa shape index (κ3) is 7.74. The highest BCUT2D eigenvalue weighted by Gasteiger charge is 2.13. The average Bonchev–Trinajstić information content (AvgIpc) is 3.30. The predicted molar refractivity (Wildman–Crippen MR) is 135 cm³/mol. The van der Waals surface area contributed by atoms with Crippen molar-refractivity contribution in [1.29, 1.82) is 0 Å². The fourth-order valence-electron chi connectivity index (χ4n) is 3.20. The van der Waals surface area contributed by atoms with Crippen LogP contribution in [0.5, 0.6) is 11.5 Å². The van der Waals surface area contributed by atoms with Crippen molar-refractivity contribution in [2.45, 2.75) is 43.5 Å². The van der Waals surface area contributed by atoms with Crippen molar-refractivity contribution in [2.75, 3.05) is 13.7 Å². The van der Waals surface area contributed by atoms with Crippen LogP contribution >= 0.6 is 11.8 Å². The highest BCUT2D eigenvalue weighted by molar-refractivity contribution is 7.98. The topological polar surface area (TPSA) is 107 Å². The van der Waals surface area contributed by atoms with Gasteiger partial charge in [-0.2, -0.15) is 0 Å². The molecule has 1 aromatic heterocycles. The van der Waals surface area contributed by atoms with Crippen molar-refractivity contribution in [3.63, 3.8) is 0 Å². The van der Waals surface area contributed by atoms with Gasteiger partial charge in [-0.05, 0) is 42.3 Å². The first kappa shape index (κ1) is 26.1. The third-order valence-corrected chi connectivity index (χ3v) is 6.33. The molecule has 0 radical (unpaired) electrons. The minimum atomic E-state index is -0.456. The lowest BCUT2D eigenvalue weighted by molar-refractivity contribution is 0.0846.